The van der Waals surface area contributed by atoms with Crippen molar-refractivity contribution in [1.29, 1.82) is 0 Å². The second-order valence-electron chi connectivity index (χ2n) is 4.49. The summed E-state index contributed by atoms with van der Waals surface area (Å²) in [6, 6.07) is 7.29. The van der Waals surface area contributed by atoms with Crippen molar-refractivity contribution in [3.8, 4) is 11.3 Å². The summed E-state index contributed by atoms with van der Waals surface area (Å²) < 4.78 is 15.4. The standard InChI is InChI=1S/C14H10FN3O3/c15-10-3-1-9(2-4-10)11-7-12-14(21)17(8-13(19)20)5-6-18(12)16-11/h1-7H,8H2,(H,19,20). The normalized spacial score (nSPS) is 10.9. The molecular formula is C14H10FN3O3. The van der Waals surface area contributed by atoms with Crippen molar-refractivity contribution in [2.75, 3.05) is 0 Å². The van der Waals surface area contributed by atoms with Crippen LogP contribution in [0.3, 0.4) is 0 Å². The summed E-state index contributed by atoms with van der Waals surface area (Å²) >= 11 is 0. The van der Waals surface area contributed by atoms with Crippen molar-refractivity contribution in [2.24, 2.45) is 0 Å². The van der Waals surface area contributed by atoms with Gasteiger partial charge in [-0.3, -0.25) is 9.59 Å². The summed E-state index contributed by atoms with van der Waals surface area (Å²) in [6.07, 6.45) is 2.87. The van der Waals surface area contributed by atoms with Gasteiger partial charge in [0.15, 0.2) is 0 Å². The molecule has 7 heteroatoms. The predicted octanol–water partition coefficient (Wildman–Crippen LogP) is 1.39. The van der Waals surface area contributed by atoms with Crippen LogP contribution < -0.4 is 5.56 Å². The largest absolute Gasteiger partial charge is 0.480 e. The number of carboxylic acids is 1. The predicted molar refractivity (Wildman–Crippen MR) is 72.5 cm³/mol. The first-order valence-corrected chi connectivity index (χ1v) is 6.11. The first-order valence-electron chi connectivity index (χ1n) is 6.11. The number of benzene rings is 1. The van der Waals surface area contributed by atoms with Crippen LogP contribution in [0.25, 0.3) is 16.8 Å². The second kappa shape index (κ2) is 4.86. The zero-order valence-corrected chi connectivity index (χ0v) is 10.7. The molecule has 0 spiro atoms. The highest BCUT2D eigenvalue weighted by Crippen LogP contribution is 2.18. The highest BCUT2D eigenvalue weighted by molar-refractivity contribution is 5.68. The molecule has 1 aromatic carbocycles. The van der Waals surface area contributed by atoms with Crippen LogP contribution in [0.4, 0.5) is 4.39 Å². The third kappa shape index (κ3) is 2.40. The average molecular weight is 287 g/mol. The van der Waals surface area contributed by atoms with Crippen molar-refractivity contribution >= 4 is 11.5 Å². The van der Waals surface area contributed by atoms with Crippen molar-refractivity contribution in [1.82, 2.24) is 14.2 Å². The molecule has 6 nitrogen and oxygen atoms in total. The molecule has 2 heterocycles. The van der Waals surface area contributed by atoms with Gasteiger partial charge in [-0.1, -0.05) is 0 Å². The molecule has 3 aromatic rings. The highest BCUT2D eigenvalue weighted by Gasteiger charge is 2.10. The fraction of sp³-hybridized carbons (Fsp3) is 0.0714. The number of hydrogen-bond acceptors (Lipinski definition) is 3. The number of aliphatic carboxylic acids is 1. The zero-order valence-electron chi connectivity index (χ0n) is 10.7. The first kappa shape index (κ1) is 13.0. The van der Waals surface area contributed by atoms with Crippen LogP contribution in [-0.4, -0.2) is 25.3 Å². The van der Waals surface area contributed by atoms with E-state index < -0.39 is 18.1 Å². The molecule has 106 valence electrons. The minimum absolute atomic E-state index is 0.262. The number of nitrogens with zero attached hydrogens (tertiary/aromatic N) is 3. The van der Waals surface area contributed by atoms with Crippen LogP contribution in [0.2, 0.25) is 0 Å². The molecule has 21 heavy (non-hydrogen) atoms. The van der Waals surface area contributed by atoms with E-state index in [4.69, 9.17) is 5.11 Å². The molecule has 1 N–H and O–H groups in total. The number of rotatable bonds is 3. The summed E-state index contributed by atoms with van der Waals surface area (Å²) in [6.45, 7) is -0.410. The molecule has 0 atom stereocenters. The number of fused-ring (bicyclic) bond motifs is 1. The van der Waals surface area contributed by atoms with Gasteiger partial charge in [-0.05, 0) is 30.3 Å². The van der Waals surface area contributed by atoms with Gasteiger partial charge >= 0.3 is 5.97 Å². The molecule has 0 aliphatic carbocycles. The number of halogens is 1. The zero-order chi connectivity index (χ0) is 15.0. The Morgan fingerprint density at radius 1 is 1.24 bits per heavy atom. The van der Waals surface area contributed by atoms with E-state index in [1.54, 1.807) is 18.2 Å². The Hall–Kier alpha value is -2.96. The van der Waals surface area contributed by atoms with E-state index in [0.29, 0.717) is 11.3 Å². The van der Waals surface area contributed by atoms with Gasteiger partial charge in [0.2, 0.25) is 0 Å². The monoisotopic (exact) mass is 287 g/mol. The van der Waals surface area contributed by atoms with Crippen molar-refractivity contribution in [2.45, 2.75) is 6.54 Å². The quantitative estimate of drug-likeness (QED) is 0.789. The highest BCUT2D eigenvalue weighted by atomic mass is 19.1. The molecule has 2 aromatic heterocycles. The summed E-state index contributed by atoms with van der Waals surface area (Å²) in [7, 11) is 0. The van der Waals surface area contributed by atoms with Gasteiger partial charge in [-0.15, -0.1) is 0 Å². The third-order valence-electron chi connectivity index (χ3n) is 3.05. The Balaban J connectivity index is 2.12. The van der Waals surface area contributed by atoms with Crippen LogP contribution in [0.15, 0.2) is 47.5 Å². The maximum Gasteiger partial charge on any atom is 0.323 e. The Morgan fingerprint density at radius 2 is 1.95 bits per heavy atom. The molecule has 0 amide bonds. The second-order valence-corrected chi connectivity index (χ2v) is 4.49. The van der Waals surface area contributed by atoms with Gasteiger partial charge in [-0.2, -0.15) is 5.10 Å². The maximum atomic E-state index is 12.9. The van der Waals surface area contributed by atoms with Crippen LogP contribution >= 0.6 is 0 Å². The number of carboxylic acid groups (broad SMARTS) is 1. The van der Waals surface area contributed by atoms with Crippen molar-refractivity contribution in [3.63, 3.8) is 0 Å². The van der Waals surface area contributed by atoms with Gasteiger partial charge in [0, 0.05) is 18.0 Å². The minimum Gasteiger partial charge on any atom is -0.480 e. The summed E-state index contributed by atoms with van der Waals surface area (Å²) in [5, 5.41) is 13.0. The summed E-state index contributed by atoms with van der Waals surface area (Å²) in [4.78, 5) is 22.8. The molecule has 0 aliphatic heterocycles. The topological polar surface area (TPSA) is 76.6 Å². The van der Waals surface area contributed by atoms with Gasteiger partial charge < -0.3 is 9.67 Å². The molecule has 0 bridgehead atoms. The van der Waals surface area contributed by atoms with Crippen LogP contribution in [0.5, 0.6) is 0 Å². The molecule has 0 fully saturated rings. The van der Waals surface area contributed by atoms with E-state index in [1.165, 1.54) is 29.0 Å². The van der Waals surface area contributed by atoms with E-state index in [0.717, 1.165) is 4.57 Å². The maximum absolute atomic E-state index is 12.9. The van der Waals surface area contributed by atoms with E-state index in [-0.39, 0.29) is 11.3 Å². The molecule has 0 aliphatic rings. The summed E-state index contributed by atoms with van der Waals surface area (Å²) in [5.74, 6) is -1.45. The van der Waals surface area contributed by atoms with Gasteiger partial charge in [0.1, 0.15) is 17.9 Å². The summed E-state index contributed by atoms with van der Waals surface area (Å²) in [5.41, 5.74) is 1.00. The smallest absolute Gasteiger partial charge is 0.323 e. The molecule has 3 rings (SSSR count). The van der Waals surface area contributed by atoms with Crippen LogP contribution in [-0.2, 0) is 11.3 Å². The van der Waals surface area contributed by atoms with Crippen LogP contribution in [0.1, 0.15) is 0 Å². The van der Waals surface area contributed by atoms with E-state index in [9.17, 15) is 14.0 Å². The Labute approximate surface area is 117 Å². The number of carbonyl (C=O) groups is 1. The molecule has 0 saturated carbocycles. The van der Waals surface area contributed by atoms with Crippen LogP contribution in [0, 0.1) is 5.82 Å². The Morgan fingerprint density at radius 3 is 2.62 bits per heavy atom. The van der Waals surface area contributed by atoms with E-state index in [2.05, 4.69) is 5.10 Å². The molecule has 0 radical (unpaired) electrons. The third-order valence-corrected chi connectivity index (χ3v) is 3.05. The lowest BCUT2D eigenvalue weighted by Gasteiger charge is -2.01. The van der Waals surface area contributed by atoms with Gasteiger partial charge in [0.05, 0.1) is 5.69 Å². The Kier molecular flexibility index (Phi) is 3.02. The Bertz CT molecular complexity index is 881. The average Bonchev–Trinajstić information content (AvgIpc) is 2.87. The fourth-order valence-electron chi connectivity index (χ4n) is 2.06. The number of aromatic nitrogens is 3. The molecule has 0 saturated heterocycles. The van der Waals surface area contributed by atoms with Crippen molar-refractivity contribution < 1.29 is 14.3 Å². The van der Waals surface area contributed by atoms with Crippen molar-refractivity contribution in [3.05, 3.63) is 58.9 Å². The lowest BCUT2D eigenvalue weighted by Crippen LogP contribution is -2.24. The SMILES string of the molecule is O=C(O)Cn1ccn2nc(-c3ccc(F)cc3)cc2c1=O. The number of hydrogen-bond donors (Lipinski definition) is 1. The first-order chi connectivity index (χ1) is 10.0. The van der Waals surface area contributed by atoms with E-state index in [1.807, 2.05) is 0 Å². The minimum atomic E-state index is -1.10. The lowest BCUT2D eigenvalue weighted by atomic mass is 10.1. The van der Waals surface area contributed by atoms with Gasteiger partial charge in [-0.25, -0.2) is 8.91 Å². The molecular weight excluding hydrogens is 277 g/mol. The van der Waals surface area contributed by atoms with Gasteiger partial charge in [0.25, 0.3) is 5.56 Å². The fourth-order valence-corrected chi connectivity index (χ4v) is 2.06. The lowest BCUT2D eigenvalue weighted by molar-refractivity contribution is -0.137. The molecule has 0 unspecified atom stereocenters. The van der Waals surface area contributed by atoms with E-state index >= 15 is 0 Å².